The molecular formula is C29H60NO7P. The first-order valence-corrected chi connectivity index (χ1v) is 16.8. The quantitative estimate of drug-likeness (QED) is 0.0675. The zero-order valence-electron chi connectivity index (χ0n) is 25.2. The highest BCUT2D eigenvalue weighted by molar-refractivity contribution is 7.45. The molecule has 0 radical (unpaired) electrons. The van der Waals surface area contributed by atoms with Gasteiger partial charge in [0.2, 0.25) is 0 Å². The summed E-state index contributed by atoms with van der Waals surface area (Å²) in [5, 5.41) is 0. The molecule has 0 spiro atoms. The van der Waals surface area contributed by atoms with Crippen molar-refractivity contribution in [2.75, 3.05) is 74.1 Å². The van der Waals surface area contributed by atoms with Gasteiger partial charge in [-0.05, 0) is 6.42 Å². The van der Waals surface area contributed by atoms with Crippen LogP contribution < -0.4 is 4.89 Å². The van der Waals surface area contributed by atoms with E-state index in [9.17, 15) is 9.46 Å². The number of hydrogen-bond acceptors (Lipinski definition) is 7. The highest BCUT2D eigenvalue weighted by atomic mass is 31.2. The second kappa shape index (κ2) is 21.7. The summed E-state index contributed by atoms with van der Waals surface area (Å²) in [7, 11) is 1.53. The van der Waals surface area contributed by atoms with Crippen LogP contribution in [0.25, 0.3) is 0 Å². The number of unbranched alkanes of at least 4 members (excludes halogenated alkanes) is 15. The molecule has 0 aromatic rings. The van der Waals surface area contributed by atoms with E-state index < -0.39 is 13.2 Å². The molecule has 0 bridgehead atoms. The fourth-order valence-electron chi connectivity index (χ4n) is 4.55. The van der Waals surface area contributed by atoms with Gasteiger partial charge < -0.3 is 32.6 Å². The lowest BCUT2D eigenvalue weighted by atomic mass is 9.92. The van der Waals surface area contributed by atoms with Gasteiger partial charge in [-0.2, -0.15) is 0 Å². The maximum Gasteiger partial charge on any atom is 0.268 e. The van der Waals surface area contributed by atoms with Crippen molar-refractivity contribution in [2.45, 2.75) is 110 Å². The monoisotopic (exact) mass is 565 g/mol. The molecule has 1 saturated heterocycles. The second-order valence-corrected chi connectivity index (χ2v) is 13.6. The number of phosphoric acid groups is 1. The SMILES string of the molecule is CCCCCCCCCCCCCCCCCCOCC1(COP(=O)([O-])OCC[N+](C)(C)C)COCOC1. The summed E-state index contributed by atoms with van der Waals surface area (Å²) in [5.41, 5.74) is -0.642. The van der Waals surface area contributed by atoms with E-state index in [0.29, 0.717) is 37.5 Å². The molecule has 0 aliphatic carbocycles. The molecule has 0 amide bonds. The zero-order valence-corrected chi connectivity index (χ0v) is 26.1. The van der Waals surface area contributed by atoms with E-state index in [-0.39, 0.29) is 20.0 Å². The van der Waals surface area contributed by atoms with Crippen molar-refractivity contribution in [1.82, 2.24) is 0 Å². The number of likely N-dealkylation sites (N-methyl/N-ethyl adjacent to an activating group) is 1. The minimum Gasteiger partial charge on any atom is -0.756 e. The van der Waals surface area contributed by atoms with E-state index in [0.717, 1.165) is 12.8 Å². The highest BCUT2D eigenvalue weighted by Crippen LogP contribution is 2.41. The molecule has 1 aliphatic heterocycles. The Kier molecular flexibility index (Phi) is 20.5. The van der Waals surface area contributed by atoms with Crippen molar-refractivity contribution in [1.29, 1.82) is 0 Å². The van der Waals surface area contributed by atoms with Gasteiger partial charge in [0.15, 0.2) is 0 Å². The average Bonchev–Trinajstić information content (AvgIpc) is 2.87. The van der Waals surface area contributed by atoms with Crippen LogP contribution in [0.1, 0.15) is 110 Å². The zero-order chi connectivity index (χ0) is 28.0. The molecule has 0 saturated carbocycles. The lowest BCUT2D eigenvalue weighted by Crippen LogP contribution is -2.45. The van der Waals surface area contributed by atoms with Crippen molar-refractivity contribution in [3.05, 3.63) is 0 Å². The van der Waals surface area contributed by atoms with Crippen LogP contribution in [-0.4, -0.2) is 78.6 Å². The van der Waals surface area contributed by atoms with Crippen LogP contribution in [0.4, 0.5) is 0 Å². The minimum absolute atomic E-state index is 0.0723. The normalized spacial score (nSPS) is 17.5. The Morgan fingerprint density at radius 1 is 0.711 bits per heavy atom. The molecule has 9 heteroatoms. The number of quaternary nitrogens is 1. The Morgan fingerprint density at radius 3 is 1.66 bits per heavy atom. The van der Waals surface area contributed by atoms with E-state index in [4.69, 9.17) is 23.3 Å². The van der Waals surface area contributed by atoms with Crippen molar-refractivity contribution in [2.24, 2.45) is 5.41 Å². The highest BCUT2D eigenvalue weighted by Gasteiger charge is 2.36. The third-order valence-corrected chi connectivity index (χ3v) is 8.02. The number of nitrogens with zero attached hydrogens (tertiary/aromatic N) is 1. The van der Waals surface area contributed by atoms with E-state index in [1.165, 1.54) is 89.9 Å². The summed E-state index contributed by atoms with van der Waals surface area (Å²) in [6, 6.07) is 0. The van der Waals surface area contributed by atoms with Crippen LogP contribution in [0.3, 0.4) is 0 Å². The van der Waals surface area contributed by atoms with Crippen LogP contribution in [0, 0.1) is 5.41 Å². The molecule has 1 heterocycles. The minimum atomic E-state index is -4.39. The van der Waals surface area contributed by atoms with Crippen molar-refractivity contribution < 1.29 is 37.2 Å². The van der Waals surface area contributed by atoms with Crippen LogP contribution in [0.15, 0.2) is 0 Å². The molecule has 1 atom stereocenters. The van der Waals surface area contributed by atoms with Crippen LogP contribution in [0.2, 0.25) is 0 Å². The molecule has 8 nitrogen and oxygen atoms in total. The first kappa shape index (κ1) is 36.0. The Balaban J connectivity index is 2.04. The van der Waals surface area contributed by atoms with Gasteiger partial charge in [-0.3, -0.25) is 4.57 Å². The Bertz CT molecular complexity index is 594. The summed E-state index contributed by atoms with van der Waals surface area (Å²) in [6.45, 7) is 4.72. The van der Waals surface area contributed by atoms with Gasteiger partial charge in [0.1, 0.15) is 19.9 Å². The molecule has 228 valence electrons. The molecule has 1 unspecified atom stereocenters. The van der Waals surface area contributed by atoms with Gasteiger partial charge >= 0.3 is 0 Å². The Morgan fingerprint density at radius 2 is 1.18 bits per heavy atom. The topological polar surface area (TPSA) is 86.3 Å². The first-order chi connectivity index (χ1) is 18.2. The van der Waals surface area contributed by atoms with E-state index in [1.54, 1.807) is 0 Å². The predicted molar refractivity (Wildman–Crippen MR) is 152 cm³/mol. The lowest BCUT2D eigenvalue weighted by molar-refractivity contribution is -0.870. The van der Waals surface area contributed by atoms with Crippen LogP contribution in [0.5, 0.6) is 0 Å². The van der Waals surface area contributed by atoms with Crippen LogP contribution >= 0.6 is 7.82 Å². The number of rotatable bonds is 26. The van der Waals surface area contributed by atoms with Gasteiger partial charge in [0, 0.05) is 6.61 Å². The molecule has 0 aromatic carbocycles. The van der Waals surface area contributed by atoms with Gasteiger partial charge in [-0.1, -0.05) is 103 Å². The van der Waals surface area contributed by atoms with Crippen molar-refractivity contribution in [3.63, 3.8) is 0 Å². The number of ether oxygens (including phenoxy) is 3. The smallest absolute Gasteiger partial charge is 0.268 e. The maximum atomic E-state index is 12.2. The number of hydrogen-bond donors (Lipinski definition) is 0. The largest absolute Gasteiger partial charge is 0.756 e. The molecular weight excluding hydrogens is 505 g/mol. The van der Waals surface area contributed by atoms with Crippen molar-refractivity contribution >= 4 is 7.82 Å². The van der Waals surface area contributed by atoms with Crippen LogP contribution in [-0.2, 0) is 27.8 Å². The number of phosphoric ester groups is 1. The summed E-state index contributed by atoms with van der Waals surface area (Å²) < 4.78 is 39.8. The van der Waals surface area contributed by atoms with E-state index in [2.05, 4.69) is 6.92 Å². The summed E-state index contributed by atoms with van der Waals surface area (Å²) in [5.74, 6) is 0. The molecule has 38 heavy (non-hydrogen) atoms. The maximum absolute atomic E-state index is 12.2. The summed E-state index contributed by atoms with van der Waals surface area (Å²) >= 11 is 0. The van der Waals surface area contributed by atoms with E-state index in [1.807, 2.05) is 21.1 Å². The molecule has 0 aromatic heterocycles. The fourth-order valence-corrected chi connectivity index (χ4v) is 5.36. The third kappa shape index (κ3) is 20.8. The van der Waals surface area contributed by atoms with Gasteiger partial charge in [0.05, 0.1) is 53.0 Å². The standard InChI is InChI=1S/C29H60NO7P/c1-5-6-7-8-9-10-11-12-13-14-15-16-17-18-19-20-22-33-24-29(25-34-28-35-26-29)27-37-38(31,32)36-23-21-30(2,3)4/h5-28H2,1-4H3. The first-order valence-electron chi connectivity index (χ1n) is 15.3. The van der Waals surface area contributed by atoms with Crippen molar-refractivity contribution in [3.8, 4) is 0 Å². The molecule has 1 rings (SSSR count). The summed E-state index contributed by atoms with van der Waals surface area (Å²) in [4.78, 5) is 12.2. The van der Waals surface area contributed by atoms with Gasteiger partial charge in [-0.25, -0.2) is 0 Å². The molecule has 0 N–H and O–H groups in total. The Hall–Kier alpha value is -0.0500. The van der Waals surface area contributed by atoms with Gasteiger partial charge in [-0.15, -0.1) is 0 Å². The Labute approximate surface area is 234 Å². The van der Waals surface area contributed by atoms with Gasteiger partial charge in [0.25, 0.3) is 7.82 Å². The predicted octanol–water partition coefficient (Wildman–Crippen LogP) is 6.46. The third-order valence-electron chi connectivity index (χ3n) is 7.07. The fraction of sp³-hybridized carbons (Fsp3) is 1.00. The average molecular weight is 566 g/mol. The molecule has 1 fully saturated rings. The second-order valence-electron chi connectivity index (χ2n) is 12.2. The molecule has 1 aliphatic rings. The van der Waals surface area contributed by atoms with E-state index >= 15 is 0 Å². The lowest BCUT2D eigenvalue weighted by Gasteiger charge is -2.37. The summed E-state index contributed by atoms with van der Waals surface area (Å²) in [6.07, 6.45) is 21.4.